The molecule has 1 N–H and O–H groups in total. The van der Waals surface area contributed by atoms with Crippen LogP contribution in [0.3, 0.4) is 0 Å². The predicted molar refractivity (Wildman–Crippen MR) is 139 cm³/mol. The number of sulfonamides is 1. The van der Waals surface area contributed by atoms with Crippen LogP contribution in [0.1, 0.15) is 44.7 Å². The van der Waals surface area contributed by atoms with E-state index in [-0.39, 0.29) is 37.4 Å². The summed E-state index contributed by atoms with van der Waals surface area (Å²) in [6.45, 7) is 7.78. The van der Waals surface area contributed by atoms with Crippen LogP contribution < -0.4 is 14.4 Å². The molecule has 2 aromatic carbocycles. The topological polar surface area (TPSA) is 96.0 Å². The van der Waals surface area contributed by atoms with Crippen LogP contribution in [0.25, 0.3) is 0 Å². The summed E-state index contributed by atoms with van der Waals surface area (Å²) in [6, 6.07) is 13.8. The fourth-order valence-corrected chi connectivity index (χ4v) is 4.60. The van der Waals surface area contributed by atoms with Gasteiger partial charge in [-0.15, -0.1) is 0 Å². The first-order valence-electron chi connectivity index (χ1n) is 11.7. The fraction of sp³-hybridized carbons (Fsp3) is 0.462. The molecular weight excluding hydrogens is 466 g/mol. The van der Waals surface area contributed by atoms with Gasteiger partial charge in [-0.3, -0.25) is 13.9 Å². The Morgan fingerprint density at radius 2 is 1.60 bits per heavy atom. The number of ether oxygens (including phenoxy) is 1. The lowest BCUT2D eigenvalue weighted by Crippen LogP contribution is -2.49. The zero-order valence-corrected chi connectivity index (χ0v) is 22.3. The molecule has 0 radical (unpaired) electrons. The molecule has 1 atom stereocenters. The molecule has 0 aromatic heterocycles. The number of rotatable bonds is 12. The van der Waals surface area contributed by atoms with E-state index in [1.54, 1.807) is 26.2 Å². The summed E-state index contributed by atoms with van der Waals surface area (Å²) in [4.78, 5) is 27.5. The number of anilines is 1. The number of nitrogens with zero attached hydrogens (tertiary/aromatic N) is 2. The Hall–Kier alpha value is -3.07. The molecule has 0 aliphatic carbocycles. The second kappa shape index (κ2) is 12.6. The Labute approximate surface area is 209 Å². The molecule has 0 spiro atoms. The van der Waals surface area contributed by atoms with Crippen LogP contribution in [0.5, 0.6) is 5.75 Å². The molecule has 0 saturated heterocycles. The lowest BCUT2D eigenvalue weighted by atomic mass is 10.1. The van der Waals surface area contributed by atoms with Crippen molar-refractivity contribution < 1.29 is 22.7 Å². The minimum absolute atomic E-state index is 0.0549. The van der Waals surface area contributed by atoms with Crippen molar-refractivity contribution in [3.05, 3.63) is 59.7 Å². The van der Waals surface area contributed by atoms with Gasteiger partial charge in [0.15, 0.2) is 0 Å². The van der Waals surface area contributed by atoms with Crippen LogP contribution in [-0.4, -0.2) is 57.1 Å². The highest BCUT2D eigenvalue weighted by molar-refractivity contribution is 7.92. The molecule has 0 fully saturated rings. The minimum atomic E-state index is -3.51. The number of amides is 2. The van der Waals surface area contributed by atoms with E-state index in [2.05, 4.69) is 5.32 Å². The highest BCUT2D eigenvalue weighted by Crippen LogP contribution is 2.20. The second-order valence-electron chi connectivity index (χ2n) is 8.98. The first kappa shape index (κ1) is 28.2. The van der Waals surface area contributed by atoms with Gasteiger partial charge in [-0.1, -0.05) is 29.8 Å². The molecule has 8 nitrogen and oxygen atoms in total. The van der Waals surface area contributed by atoms with Crippen molar-refractivity contribution in [2.24, 2.45) is 0 Å². The maximum Gasteiger partial charge on any atom is 0.242 e. The van der Waals surface area contributed by atoms with Crippen molar-refractivity contribution in [3.8, 4) is 5.75 Å². The standard InChI is InChI=1S/C26H37N3O5S/c1-19(2)27-26(31)21(4)28(18-22-11-15-24(34-5)16-12-22)25(30)8-7-17-29(35(6,32)33)23-13-9-20(3)10-14-23/h9-16,19,21H,7-8,17-18H2,1-6H3,(H,27,31)/t21-/m1/s1. The SMILES string of the molecule is COc1ccc(CN(C(=O)CCCN(c2ccc(C)cc2)S(C)(=O)=O)[C@H](C)C(=O)NC(C)C)cc1. The van der Waals surface area contributed by atoms with Crippen LogP contribution in [-0.2, 0) is 26.2 Å². The predicted octanol–water partition coefficient (Wildman–Crippen LogP) is 3.49. The van der Waals surface area contributed by atoms with E-state index >= 15 is 0 Å². The first-order valence-corrected chi connectivity index (χ1v) is 13.5. The molecule has 0 unspecified atom stereocenters. The van der Waals surface area contributed by atoms with Crippen LogP contribution in [0, 0.1) is 6.92 Å². The van der Waals surface area contributed by atoms with Crippen molar-refractivity contribution in [2.45, 2.75) is 59.2 Å². The van der Waals surface area contributed by atoms with Crippen molar-refractivity contribution >= 4 is 27.5 Å². The number of nitrogens with one attached hydrogen (secondary N) is 1. The maximum atomic E-state index is 13.3. The molecule has 0 aliphatic heterocycles. The average Bonchev–Trinajstić information content (AvgIpc) is 2.79. The van der Waals surface area contributed by atoms with Crippen molar-refractivity contribution in [2.75, 3.05) is 24.2 Å². The summed E-state index contributed by atoms with van der Waals surface area (Å²) in [5.74, 6) is 0.248. The van der Waals surface area contributed by atoms with E-state index in [0.29, 0.717) is 17.9 Å². The number of carbonyl (C=O) groups excluding carboxylic acids is 2. The van der Waals surface area contributed by atoms with Crippen molar-refractivity contribution in [1.82, 2.24) is 10.2 Å². The van der Waals surface area contributed by atoms with Gasteiger partial charge in [0.2, 0.25) is 21.8 Å². The van der Waals surface area contributed by atoms with E-state index in [1.165, 1.54) is 9.21 Å². The van der Waals surface area contributed by atoms with Gasteiger partial charge < -0.3 is 15.0 Å². The number of hydrogen-bond acceptors (Lipinski definition) is 5. The average molecular weight is 504 g/mol. The second-order valence-corrected chi connectivity index (χ2v) is 10.9. The molecule has 0 bridgehead atoms. The highest BCUT2D eigenvalue weighted by Gasteiger charge is 2.27. The molecule has 2 aromatic rings. The molecule has 9 heteroatoms. The van der Waals surface area contributed by atoms with Crippen LogP contribution in [0.2, 0.25) is 0 Å². The molecule has 192 valence electrons. The fourth-order valence-electron chi connectivity index (χ4n) is 3.63. The third kappa shape index (κ3) is 8.58. The Morgan fingerprint density at radius 1 is 1.00 bits per heavy atom. The lowest BCUT2D eigenvalue weighted by molar-refractivity contribution is -0.140. The zero-order valence-electron chi connectivity index (χ0n) is 21.4. The van der Waals surface area contributed by atoms with Crippen LogP contribution in [0.4, 0.5) is 5.69 Å². The van der Waals surface area contributed by atoms with Gasteiger partial charge in [-0.2, -0.15) is 0 Å². The Morgan fingerprint density at radius 3 is 2.11 bits per heavy atom. The molecule has 2 amide bonds. The number of carbonyl (C=O) groups is 2. The quantitative estimate of drug-likeness (QED) is 0.478. The zero-order chi connectivity index (χ0) is 26.2. The molecule has 35 heavy (non-hydrogen) atoms. The minimum Gasteiger partial charge on any atom is -0.497 e. The highest BCUT2D eigenvalue weighted by atomic mass is 32.2. The third-order valence-corrected chi connectivity index (χ3v) is 6.78. The normalized spacial score (nSPS) is 12.2. The largest absolute Gasteiger partial charge is 0.497 e. The van der Waals surface area contributed by atoms with Gasteiger partial charge in [0.25, 0.3) is 0 Å². The smallest absolute Gasteiger partial charge is 0.242 e. The summed E-state index contributed by atoms with van der Waals surface area (Å²) < 4.78 is 31.3. The molecule has 0 heterocycles. The monoisotopic (exact) mass is 503 g/mol. The van der Waals surface area contributed by atoms with Crippen molar-refractivity contribution in [1.29, 1.82) is 0 Å². The van der Waals surface area contributed by atoms with Gasteiger partial charge in [0, 0.05) is 25.6 Å². The van der Waals surface area contributed by atoms with Crippen LogP contribution in [0.15, 0.2) is 48.5 Å². The third-order valence-electron chi connectivity index (χ3n) is 5.58. The van der Waals surface area contributed by atoms with Gasteiger partial charge in [0.05, 0.1) is 19.1 Å². The van der Waals surface area contributed by atoms with Gasteiger partial charge in [-0.05, 0) is 63.9 Å². The van der Waals surface area contributed by atoms with E-state index in [9.17, 15) is 18.0 Å². The lowest BCUT2D eigenvalue weighted by Gasteiger charge is -2.30. The summed E-state index contributed by atoms with van der Waals surface area (Å²) in [6.07, 6.45) is 1.58. The first-order chi connectivity index (χ1) is 16.4. The van der Waals surface area contributed by atoms with E-state index in [1.807, 2.05) is 57.2 Å². The Kier molecular flexibility index (Phi) is 10.1. The molecule has 0 saturated carbocycles. The van der Waals surface area contributed by atoms with E-state index in [4.69, 9.17) is 4.74 Å². The van der Waals surface area contributed by atoms with E-state index in [0.717, 1.165) is 17.4 Å². The summed E-state index contributed by atoms with van der Waals surface area (Å²) in [5, 5.41) is 2.86. The Bertz CT molecular complexity index is 1080. The maximum absolute atomic E-state index is 13.3. The van der Waals surface area contributed by atoms with Crippen molar-refractivity contribution in [3.63, 3.8) is 0 Å². The molecule has 2 rings (SSSR count). The number of benzene rings is 2. The van der Waals surface area contributed by atoms with Gasteiger partial charge >= 0.3 is 0 Å². The molecule has 0 aliphatic rings. The van der Waals surface area contributed by atoms with Gasteiger partial charge in [-0.25, -0.2) is 8.42 Å². The summed E-state index contributed by atoms with van der Waals surface area (Å²) in [5.41, 5.74) is 2.45. The van der Waals surface area contributed by atoms with Gasteiger partial charge in [0.1, 0.15) is 11.8 Å². The number of methoxy groups -OCH3 is 1. The Balaban J connectivity index is 2.16. The number of hydrogen-bond donors (Lipinski definition) is 1. The molecular formula is C26H37N3O5S. The van der Waals surface area contributed by atoms with Crippen LogP contribution >= 0.6 is 0 Å². The number of aryl methyl sites for hydroxylation is 1. The summed E-state index contributed by atoms with van der Waals surface area (Å²) >= 11 is 0. The van der Waals surface area contributed by atoms with E-state index < -0.39 is 16.1 Å². The summed E-state index contributed by atoms with van der Waals surface area (Å²) in [7, 11) is -1.93.